The van der Waals surface area contributed by atoms with Crippen LogP contribution in [0.1, 0.15) is 19.3 Å². The number of nitrogens with zero attached hydrogens (tertiary/aromatic N) is 2. The topological polar surface area (TPSA) is 64.9 Å². The average molecular weight is 231 g/mol. The summed E-state index contributed by atoms with van der Waals surface area (Å²) in [5.41, 5.74) is 6.92. The van der Waals surface area contributed by atoms with E-state index in [4.69, 9.17) is 5.11 Å². The van der Waals surface area contributed by atoms with Gasteiger partial charge in [-0.3, -0.25) is 10.0 Å². The Morgan fingerprint density at radius 1 is 1.53 bits per heavy atom. The molecule has 3 rings (SSSR count). The van der Waals surface area contributed by atoms with Gasteiger partial charge in [-0.05, 0) is 36.1 Å². The van der Waals surface area contributed by atoms with Crippen molar-refractivity contribution in [3.05, 3.63) is 35.2 Å². The molecule has 0 aromatic rings. The van der Waals surface area contributed by atoms with Crippen molar-refractivity contribution in [1.82, 2.24) is 10.4 Å². The molecule has 1 amide bonds. The Balaban J connectivity index is 1.92. The molecular formula is C12H13N3O2. The van der Waals surface area contributed by atoms with Gasteiger partial charge in [-0.1, -0.05) is 0 Å². The lowest BCUT2D eigenvalue weighted by Gasteiger charge is -2.34. The fourth-order valence-corrected chi connectivity index (χ4v) is 2.49. The summed E-state index contributed by atoms with van der Waals surface area (Å²) in [6, 6.07) is 0. The van der Waals surface area contributed by atoms with E-state index in [2.05, 4.69) is 16.5 Å². The maximum atomic E-state index is 10.7. The van der Waals surface area contributed by atoms with Gasteiger partial charge in [0.1, 0.15) is 0 Å². The van der Waals surface area contributed by atoms with Crippen LogP contribution in [0, 0.1) is 0 Å². The molecule has 3 aliphatic rings. The van der Waals surface area contributed by atoms with Gasteiger partial charge in [-0.25, -0.2) is 10.2 Å². The second-order valence-electron chi connectivity index (χ2n) is 4.31. The van der Waals surface area contributed by atoms with Crippen LogP contribution < -0.4 is 5.43 Å². The molecule has 0 bridgehead atoms. The number of hydrogen-bond donors (Lipinski definition) is 2. The maximum Gasteiger partial charge on any atom is 0.423 e. The summed E-state index contributed by atoms with van der Waals surface area (Å²) in [4.78, 5) is 15.0. The minimum atomic E-state index is -1.01. The van der Waals surface area contributed by atoms with Crippen molar-refractivity contribution in [2.45, 2.75) is 19.3 Å². The Morgan fingerprint density at radius 3 is 3.24 bits per heavy atom. The number of fused-ring (bicyclic) bond motifs is 1. The van der Waals surface area contributed by atoms with Crippen LogP contribution in [-0.2, 0) is 0 Å². The summed E-state index contributed by atoms with van der Waals surface area (Å²) in [7, 11) is 0. The number of hydrogen-bond acceptors (Lipinski definition) is 3. The highest BCUT2D eigenvalue weighted by Gasteiger charge is 2.27. The van der Waals surface area contributed by atoms with Crippen LogP contribution >= 0.6 is 0 Å². The summed E-state index contributed by atoms with van der Waals surface area (Å²) in [5, 5.41) is 10.5. The van der Waals surface area contributed by atoms with E-state index in [-0.39, 0.29) is 0 Å². The quantitative estimate of drug-likeness (QED) is 0.723. The Kier molecular flexibility index (Phi) is 2.24. The van der Waals surface area contributed by atoms with Crippen LogP contribution in [0.3, 0.4) is 0 Å². The van der Waals surface area contributed by atoms with Crippen molar-refractivity contribution in [1.29, 1.82) is 0 Å². The summed E-state index contributed by atoms with van der Waals surface area (Å²) in [6.45, 7) is 0.731. The van der Waals surface area contributed by atoms with Gasteiger partial charge >= 0.3 is 6.09 Å². The second kappa shape index (κ2) is 3.76. The fraction of sp³-hybridized carbons (Fsp3) is 0.333. The molecular weight excluding hydrogens is 218 g/mol. The van der Waals surface area contributed by atoms with Crippen LogP contribution in [0.4, 0.5) is 4.79 Å². The molecule has 0 saturated heterocycles. The van der Waals surface area contributed by atoms with E-state index in [0.717, 1.165) is 30.8 Å². The molecule has 0 fully saturated rings. The molecule has 0 aromatic heterocycles. The van der Waals surface area contributed by atoms with E-state index in [9.17, 15) is 4.79 Å². The van der Waals surface area contributed by atoms with E-state index in [1.165, 1.54) is 11.1 Å². The van der Waals surface area contributed by atoms with Gasteiger partial charge < -0.3 is 5.11 Å². The monoisotopic (exact) mass is 231 g/mol. The number of rotatable bonds is 1. The Bertz CT molecular complexity index is 500. The number of nitrogens with one attached hydrogen (secondary N) is 1. The van der Waals surface area contributed by atoms with Crippen LogP contribution in [0.25, 0.3) is 0 Å². The third-order valence-electron chi connectivity index (χ3n) is 3.24. The third kappa shape index (κ3) is 1.73. The molecule has 0 unspecified atom stereocenters. The molecule has 0 spiro atoms. The molecule has 88 valence electrons. The summed E-state index contributed by atoms with van der Waals surface area (Å²) >= 11 is 0. The van der Waals surface area contributed by atoms with Crippen LogP contribution in [0.15, 0.2) is 40.2 Å². The first kappa shape index (κ1) is 10.1. The average Bonchev–Trinajstić information content (AvgIpc) is 2.73. The van der Waals surface area contributed by atoms with E-state index in [0.29, 0.717) is 6.42 Å². The first-order chi connectivity index (χ1) is 8.24. The van der Waals surface area contributed by atoms with Crippen LogP contribution in [0.5, 0.6) is 0 Å². The summed E-state index contributed by atoms with van der Waals surface area (Å²) in [5.74, 6) is 0. The predicted octanol–water partition coefficient (Wildman–Crippen LogP) is 1.82. The Labute approximate surface area is 98.8 Å². The van der Waals surface area contributed by atoms with Crippen molar-refractivity contribution in [2.24, 2.45) is 4.99 Å². The first-order valence-electron chi connectivity index (χ1n) is 5.68. The van der Waals surface area contributed by atoms with Crippen LogP contribution in [0.2, 0.25) is 0 Å². The van der Waals surface area contributed by atoms with Gasteiger partial charge in [-0.15, -0.1) is 0 Å². The number of carbonyl (C=O) groups is 1. The van der Waals surface area contributed by atoms with Crippen molar-refractivity contribution in [2.75, 3.05) is 6.54 Å². The van der Waals surface area contributed by atoms with E-state index in [1.54, 1.807) is 11.2 Å². The number of carboxylic acid groups (broad SMARTS) is 1. The normalized spacial score (nSPS) is 21.8. The number of hydrazine groups is 1. The van der Waals surface area contributed by atoms with Gasteiger partial charge in [0.2, 0.25) is 0 Å². The summed E-state index contributed by atoms with van der Waals surface area (Å²) < 4.78 is 0. The summed E-state index contributed by atoms with van der Waals surface area (Å²) in [6.07, 6.45) is 7.61. The largest absolute Gasteiger partial charge is 0.464 e. The van der Waals surface area contributed by atoms with Gasteiger partial charge in [0.15, 0.2) is 0 Å². The van der Waals surface area contributed by atoms with Crippen molar-refractivity contribution in [3.63, 3.8) is 0 Å². The molecule has 1 aliphatic carbocycles. The zero-order valence-corrected chi connectivity index (χ0v) is 9.31. The highest BCUT2D eigenvalue weighted by molar-refractivity contribution is 6.07. The maximum absolute atomic E-state index is 10.7. The Hall–Kier alpha value is -2.04. The standard InChI is InChI=1S/C12H13N3O2/c16-12(17)14-15-5-1-2-9-6-8-3-4-13-10(8)7-11(9)15/h3-4,6,14H,1-2,5,7H2,(H,16,17). The molecule has 2 aliphatic heterocycles. The number of amides is 1. The van der Waals surface area contributed by atoms with E-state index < -0.39 is 6.09 Å². The zero-order valence-electron chi connectivity index (χ0n) is 9.31. The highest BCUT2D eigenvalue weighted by atomic mass is 16.4. The van der Waals surface area contributed by atoms with Crippen LogP contribution in [-0.4, -0.2) is 28.5 Å². The van der Waals surface area contributed by atoms with Crippen molar-refractivity contribution in [3.8, 4) is 0 Å². The lowest BCUT2D eigenvalue weighted by molar-refractivity contribution is 0.152. The molecule has 17 heavy (non-hydrogen) atoms. The SMILES string of the molecule is O=C(O)NN1CCCC2=C1CC1=NC=CC1=C2. The van der Waals surface area contributed by atoms with E-state index in [1.807, 2.05) is 6.08 Å². The van der Waals surface area contributed by atoms with E-state index >= 15 is 0 Å². The molecule has 2 N–H and O–H groups in total. The van der Waals surface area contributed by atoms with Crippen molar-refractivity contribution >= 4 is 11.8 Å². The third-order valence-corrected chi connectivity index (χ3v) is 3.24. The smallest absolute Gasteiger partial charge is 0.423 e. The molecule has 0 aromatic carbocycles. The molecule has 5 heteroatoms. The zero-order chi connectivity index (χ0) is 11.8. The predicted molar refractivity (Wildman–Crippen MR) is 63.4 cm³/mol. The van der Waals surface area contributed by atoms with Gasteiger partial charge in [0.25, 0.3) is 0 Å². The molecule has 5 nitrogen and oxygen atoms in total. The van der Waals surface area contributed by atoms with Gasteiger partial charge in [0, 0.05) is 24.9 Å². The lowest BCUT2D eigenvalue weighted by Crippen LogP contribution is -2.44. The van der Waals surface area contributed by atoms with Crippen molar-refractivity contribution < 1.29 is 9.90 Å². The minimum absolute atomic E-state index is 0.717. The molecule has 0 radical (unpaired) electrons. The van der Waals surface area contributed by atoms with Gasteiger partial charge in [0.05, 0.1) is 5.71 Å². The first-order valence-corrected chi connectivity index (χ1v) is 5.68. The number of allylic oxidation sites excluding steroid dienone is 5. The Morgan fingerprint density at radius 2 is 2.41 bits per heavy atom. The minimum Gasteiger partial charge on any atom is -0.464 e. The number of aliphatic imine (C=N–C) groups is 1. The lowest BCUT2D eigenvalue weighted by atomic mass is 9.90. The molecule has 0 saturated carbocycles. The molecule has 2 heterocycles. The fourth-order valence-electron chi connectivity index (χ4n) is 2.49. The van der Waals surface area contributed by atoms with Gasteiger partial charge in [-0.2, -0.15) is 0 Å². The second-order valence-corrected chi connectivity index (χ2v) is 4.31. The molecule has 0 atom stereocenters. The highest BCUT2D eigenvalue weighted by Crippen LogP contribution is 2.32.